The fourth-order valence-corrected chi connectivity index (χ4v) is 3.92. The Kier molecular flexibility index (Phi) is 6.35. The number of ketones is 1. The van der Waals surface area contributed by atoms with Crippen molar-refractivity contribution in [3.05, 3.63) is 97.0 Å². The molecule has 0 atom stereocenters. The molecule has 0 fully saturated rings. The number of rotatable bonds is 4. The highest BCUT2D eigenvalue weighted by atomic mass is 35.5. The van der Waals surface area contributed by atoms with Gasteiger partial charge < -0.3 is 5.32 Å². The molecule has 154 valence electrons. The molecule has 5 heteroatoms. The van der Waals surface area contributed by atoms with E-state index in [1.165, 1.54) is 5.56 Å². The fraction of sp³-hybridized carbons (Fsp3) is 0.200. The van der Waals surface area contributed by atoms with Crippen molar-refractivity contribution >= 4 is 40.6 Å². The third-order valence-corrected chi connectivity index (χ3v) is 6.56. The third-order valence-electron chi connectivity index (χ3n) is 5.82. The molecule has 3 aromatic rings. The van der Waals surface area contributed by atoms with E-state index in [2.05, 4.69) is 12.2 Å². The Labute approximate surface area is 187 Å². The van der Waals surface area contributed by atoms with Crippen LogP contribution in [0.3, 0.4) is 0 Å². The summed E-state index contributed by atoms with van der Waals surface area (Å²) in [6.45, 7) is 10.0. The van der Waals surface area contributed by atoms with E-state index in [4.69, 9.17) is 23.2 Å². The van der Waals surface area contributed by atoms with E-state index in [1.54, 1.807) is 42.5 Å². The van der Waals surface area contributed by atoms with Crippen molar-refractivity contribution in [2.24, 2.45) is 0 Å². The first-order valence-electron chi connectivity index (χ1n) is 9.60. The Hall–Kier alpha value is -2.62. The SMILES string of the molecule is Cc1c(C)c(C)c(C(=O)c2ccccc2C(=O)Nc2ccc(Cl)c(Cl)c2)c(C)c1C. The van der Waals surface area contributed by atoms with Gasteiger partial charge in [0, 0.05) is 16.8 Å². The van der Waals surface area contributed by atoms with Gasteiger partial charge in [-0.05, 0) is 86.7 Å². The second kappa shape index (κ2) is 8.63. The number of hydrogen-bond acceptors (Lipinski definition) is 2. The van der Waals surface area contributed by atoms with Crippen LogP contribution in [0.1, 0.15) is 54.1 Å². The molecule has 1 N–H and O–H groups in total. The maximum Gasteiger partial charge on any atom is 0.256 e. The Morgan fingerprint density at radius 2 is 1.23 bits per heavy atom. The zero-order valence-corrected chi connectivity index (χ0v) is 19.1. The highest BCUT2D eigenvalue weighted by Crippen LogP contribution is 2.29. The standard InChI is InChI=1S/C25H23Cl2NO2/c1-13-14(2)16(4)23(17(5)15(13)3)24(29)19-8-6-7-9-20(19)25(30)28-18-10-11-21(26)22(27)12-18/h6-12H,1-5H3,(H,28,30). The normalized spacial score (nSPS) is 10.8. The average Bonchev–Trinajstić information content (AvgIpc) is 2.73. The molecule has 0 heterocycles. The minimum Gasteiger partial charge on any atom is -0.322 e. The molecular formula is C25H23Cl2NO2. The van der Waals surface area contributed by atoms with E-state index < -0.39 is 0 Å². The van der Waals surface area contributed by atoms with Crippen molar-refractivity contribution in [2.45, 2.75) is 34.6 Å². The number of benzene rings is 3. The van der Waals surface area contributed by atoms with Crippen molar-refractivity contribution in [2.75, 3.05) is 5.32 Å². The molecular weight excluding hydrogens is 417 g/mol. The van der Waals surface area contributed by atoms with E-state index in [-0.39, 0.29) is 11.7 Å². The topological polar surface area (TPSA) is 46.2 Å². The first kappa shape index (κ1) is 22.1. The monoisotopic (exact) mass is 439 g/mol. The predicted octanol–water partition coefficient (Wildman–Crippen LogP) is 7.02. The van der Waals surface area contributed by atoms with Gasteiger partial charge in [0.05, 0.1) is 15.6 Å². The molecule has 0 bridgehead atoms. The van der Waals surface area contributed by atoms with Crippen LogP contribution < -0.4 is 5.32 Å². The largest absolute Gasteiger partial charge is 0.322 e. The average molecular weight is 440 g/mol. The number of halogens is 2. The van der Waals surface area contributed by atoms with Crippen LogP contribution >= 0.6 is 23.2 Å². The zero-order valence-electron chi connectivity index (χ0n) is 17.6. The lowest BCUT2D eigenvalue weighted by molar-refractivity contribution is 0.0995. The molecule has 3 nitrogen and oxygen atoms in total. The molecule has 30 heavy (non-hydrogen) atoms. The van der Waals surface area contributed by atoms with Crippen molar-refractivity contribution in [1.82, 2.24) is 0 Å². The second-order valence-electron chi connectivity index (χ2n) is 7.46. The summed E-state index contributed by atoms with van der Waals surface area (Å²) in [5, 5.41) is 3.55. The minimum absolute atomic E-state index is 0.156. The molecule has 0 saturated carbocycles. The first-order chi connectivity index (χ1) is 14.1. The van der Waals surface area contributed by atoms with Gasteiger partial charge in [0.25, 0.3) is 5.91 Å². The fourth-order valence-electron chi connectivity index (χ4n) is 3.63. The van der Waals surface area contributed by atoms with Crippen molar-refractivity contribution in [1.29, 1.82) is 0 Å². The zero-order chi connectivity index (χ0) is 22.2. The second-order valence-corrected chi connectivity index (χ2v) is 8.27. The maximum absolute atomic E-state index is 13.6. The lowest BCUT2D eigenvalue weighted by atomic mass is 9.85. The van der Waals surface area contributed by atoms with Crippen LogP contribution in [-0.2, 0) is 0 Å². The predicted molar refractivity (Wildman–Crippen MR) is 124 cm³/mol. The Morgan fingerprint density at radius 3 is 1.80 bits per heavy atom. The molecule has 0 spiro atoms. The molecule has 0 aliphatic rings. The van der Waals surface area contributed by atoms with Crippen molar-refractivity contribution in [3.8, 4) is 0 Å². The van der Waals surface area contributed by atoms with Gasteiger partial charge in [-0.1, -0.05) is 41.4 Å². The van der Waals surface area contributed by atoms with Crippen molar-refractivity contribution in [3.63, 3.8) is 0 Å². The highest BCUT2D eigenvalue weighted by Gasteiger charge is 2.23. The maximum atomic E-state index is 13.6. The van der Waals surface area contributed by atoms with E-state index in [1.807, 2.05) is 27.7 Å². The van der Waals surface area contributed by atoms with Gasteiger partial charge in [0.2, 0.25) is 0 Å². The van der Waals surface area contributed by atoms with Gasteiger partial charge in [0.15, 0.2) is 5.78 Å². The molecule has 0 aliphatic carbocycles. The molecule has 3 rings (SSSR count). The van der Waals surface area contributed by atoms with Crippen molar-refractivity contribution < 1.29 is 9.59 Å². The lowest BCUT2D eigenvalue weighted by Crippen LogP contribution is -2.18. The number of amides is 1. The summed E-state index contributed by atoms with van der Waals surface area (Å²) in [6.07, 6.45) is 0. The van der Waals surface area contributed by atoms with Crippen LogP contribution in [0.5, 0.6) is 0 Å². The summed E-state index contributed by atoms with van der Waals surface area (Å²) in [6, 6.07) is 11.7. The van der Waals surface area contributed by atoms with Gasteiger partial charge in [0.1, 0.15) is 0 Å². The quantitative estimate of drug-likeness (QED) is 0.443. The number of carbonyl (C=O) groups is 2. The highest BCUT2D eigenvalue weighted by molar-refractivity contribution is 6.42. The van der Waals surface area contributed by atoms with Crippen LogP contribution in [-0.4, -0.2) is 11.7 Å². The smallest absolute Gasteiger partial charge is 0.256 e. The molecule has 1 amide bonds. The molecule has 0 aliphatic heterocycles. The van der Waals surface area contributed by atoms with Gasteiger partial charge in [-0.25, -0.2) is 0 Å². The molecule has 3 aromatic carbocycles. The molecule has 0 saturated heterocycles. The van der Waals surface area contributed by atoms with E-state index in [0.29, 0.717) is 32.4 Å². The van der Waals surface area contributed by atoms with E-state index >= 15 is 0 Å². The summed E-state index contributed by atoms with van der Waals surface area (Å²) in [5.41, 5.74) is 7.11. The number of carbonyl (C=O) groups excluding carboxylic acids is 2. The van der Waals surface area contributed by atoms with E-state index in [9.17, 15) is 9.59 Å². The first-order valence-corrected chi connectivity index (χ1v) is 10.4. The van der Waals surface area contributed by atoms with Crippen LogP contribution in [0, 0.1) is 34.6 Å². The summed E-state index contributed by atoms with van der Waals surface area (Å²) < 4.78 is 0. The summed E-state index contributed by atoms with van der Waals surface area (Å²) in [4.78, 5) is 26.5. The van der Waals surface area contributed by atoms with E-state index in [0.717, 1.165) is 22.3 Å². The summed E-state index contributed by atoms with van der Waals surface area (Å²) in [7, 11) is 0. The Morgan fingerprint density at radius 1 is 0.700 bits per heavy atom. The number of hydrogen-bond donors (Lipinski definition) is 1. The lowest BCUT2D eigenvalue weighted by Gasteiger charge is -2.19. The molecule has 0 radical (unpaired) electrons. The van der Waals surface area contributed by atoms with Crippen LogP contribution in [0.2, 0.25) is 10.0 Å². The van der Waals surface area contributed by atoms with Gasteiger partial charge in [-0.3, -0.25) is 9.59 Å². The third kappa shape index (κ3) is 4.00. The van der Waals surface area contributed by atoms with Gasteiger partial charge in [-0.2, -0.15) is 0 Å². The van der Waals surface area contributed by atoms with Gasteiger partial charge >= 0.3 is 0 Å². The Balaban J connectivity index is 2.05. The molecule has 0 unspecified atom stereocenters. The number of nitrogens with one attached hydrogen (secondary N) is 1. The summed E-state index contributed by atoms with van der Waals surface area (Å²) >= 11 is 12.0. The van der Waals surface area contributed by atoms with Crippen LogP contribution in [0.25, 0.3) is 0 Å². The van der Waals surface area contributed by atoms with Gasteiger partial charge in [-0.15, -0.1) is 0 Å². The Bertz CT molecular complexity index is 1150. The van der Waals surface area contributed by atoms with Crippen LogP contribution in [0.4, 0.5) is 5.69 Å². The number of anilines is 1. The minimum atomic E-state index is -0.381. The molecule has 0 aromatic heterocycles. The van der Waals surface area contributed by atoms with Crippen LogP contribution in [0.15, 0.2) is 42.5 Å². The summed E-state index contributed by atoms with van der Waals surface area (Å²) in [5.74, 6) is -0.538.